The highest BCUT2D eigenvalue weighted by atomic mass is 32.2. The summed E-state index contributed by atoms with van der Waals surface area (Å²) in [6.45, 7) is -0.193. The highest BCUT2D eigenvalue weighted by Gasteiger charge is 2.34. The van der Waals surface area contributed by atoms with Crippen LogP contribution in [0.3, 0.4) is 0 Å². The van der Waals surface area contributed by atoms with Crippen molar-refractivity contribution >= 4 is 27.3 Å². The summed E-state index contributed by atoms with van der Waals surface area (Å²) in [7, 11) is -3.81. The molecule has 0 saturated heterocycles. The second kappa shape index (κ2) is 9.57. The van der Waals surface area contributed by atoms with Crippen molar-refractivity contribution in [1.82, 2.24) is 0 Å². The Morgan fingerprint density at radius 2 is 1.74 bits per heavy atom. The zero-order valence-corrected chi connectivity index (χ0v) is 19.0. The normalized spacial score (nSPS) is 13.8. The first kappa shape index (κ1) is 24.5. The number of ether oxygens (including phenoxy) is 1. The van der Waals surface area contributed by atoms with Crippen LogP contribution in [0, 0.1) is 5.82 Å². The van der Waals surface area contributed by atoms with E-state index in [2.05, 4.69) is 5.32 Å². The number of nitrogens with one attached hydrogen (secondary N) is 1. The van der Waals surface area contributed by atoms with E-state index in [0.29, 0.717) is 30.8 Å². The lowest BCUT2D eigenvalue weighted by atomic mass is 10.0. The Balaban J connectivity index is 1.40. The van der Waals surface area contributed by atoms with Gasteiger partial charge in [-0.25, -0.2) is 12.8 Å². The largest absolute Gasteiger partial charge is 0.484 e. The first-order chi connectivity index (χ1) is 16.6. The zero-order chi connectivity index (χ0) is 25.2. The van der Waals surface area contributed by atoms with Gasteiger partial charge in [0.05, 0.1) is 16.1 Å². The van der Waals surface area contributed by atoms with Crippen LogP contribution in [-0.4, -0.2) is 27.5 Å². The molecule has 35 heavy (non-hydrogen) atoms. The SMILES string of the molecule is O=C(COc1ccc(S(=O)(=O)N2CCCc3ccccc32)cc1)Nc1ccc(F)c(C(F)(F)F)c1. The quantitative estimate of drug-likeness (QED) is 0.476. The number of amides is 1. The van der Waals surface area contributed by atoms with Crippen molar-refractivity contribution < 1.29 is 35.5 Å². The molecule has 1 N–H and O–H groups in total. The third-order valence-corrected chi connectivity index (χ3v) is 7.23. The van der Waals surface area contributed by atoms with Gasteiger partial charge in [-0.15, -0.1) is 0 Å². The predicted molar refractivity (Wildman–Crippen MR) is 121 cm³/mol. The Hall–Kier alpha value is -3.60. The van der Waals surface area contributed by atoms with Crippen molar-refractivity contribution in [2.45, 2.75) is 23.9 Å². The monoisotopic (exact) mass is 508 g/mol. The van der Waals surface area contributed by atoms with Gasteiger partial charge in [0, 0.05) is 12.2 Å². The first-order valence-electron chi connectivity index (χ1n) is 10.6. The maximum absolute atomic E-state index is 13.4. The van der Waals surface area contributed by atoms with Gasteiger partial charge in [-0.05, 0) is 66.9 Å². The summed E-state index contributed by atoms with van der Waals surface area (Å²) in [5.74, 6) is -2.03. The van der Waals surface area contributed by atoms with Gasteiger partial charge >= 0.3 is 6.18 Å². The number of fused-ring (bicyclic) bond motifs is 1. The van der Waals surface area contributed by atoms with Gasteiger partial charge < -0.3 is 10.1 Å². The number of hydrogen-bond donors (Lipinski definition) is 1. The summed E-state index contributed by atoms with van der Waals surface area (Å²) in [4.78, 5) is 12.1. The number of para-hydroxylation sites is 1. The fourth-order valence-electron chi connectivity index (χ4n) is 3.75. The number of carbonyl (C=O) groups is 1. The second-order valence-corrected chi connectivity index (χ2v) is 9.67. The highest BCUT2D eigenvalue weighted by Crippen LogP contribution is 2.34. The Morgan fingerprint density at radius 1 is 1.03 bits per heavy atom. The molecule has 1 aliphatic rings. The molecule has 1 heterocycles. The van der Waals surface area contributed by atoms with Gasteiger partial charge in [0.15, 0.2) is 6.61 Å². The molecule has 3 aromatic carbocycles. The molecule has 0 bridgehead atoms. The fraction of sp³-hybridized carbons (Fsp3) is 0.208. The molecule has 1 amide bonds. The number of benzene rings is 3. The highest BCUT2D eigenvalue weighted by molar-refractivity contribution is 7.92. The summed E-state index contributed by atoms with van der Waals surface area (Å²) in [5, 5.41) is 2.21. The van der Waals surface area contributed by atoms with Crippen molar-refractivity contribution in [1.29, 1.82) is 0 Å². The molecule has 0 unspecified atom stereocenters. The van der Waals surface area contributed by atoms with E-state index in [-0.39, 0.29) is 16.3 Å². The van der Waals surface area contributed by atoms with Gasteiger partial charge in [0.2, 0.25) is 0 Å². The molecular formula is C24H20F4N2O4S. The van der Waals surface area contributed by atoms with E-state index >= 15 is 0 Å². The topological polar surface area (TPSA) is 75.7 Å². The smallest absolute Gasteiger partial charge is 0.419 e. The Labute approximate surface area is 199 Å². The van der Waals surface area contributed by atoms with Gasteiger partial charge in [0.25, 0.3) is 15.9 Å². The molecule has 1 aliphatic heterocycles. The average molecular weight is 508 g/mol. The van der Waals surface area contributed by atoms with Crippen molar-refractivity contribution in [3.8, 4) is 5.75 Å². The fourth-order valence-corrected chi connectivity index (χ4v) is 5.29. The molecule has 0 fully saturated rings. The lowest BCUT2D eigenvalue weighted by Gasteiger charge is -2.30. The van der Waals surface area contributed by atoms with Gasteiger partial charge in [-0.3, -0.25) is 9.10 Å². The van der Waals surface area contributed by atoms with Crippen LogP contribution in [0.5, 0.6) is 5.75 Å². The number of hydrogen-bond acceptors (Lipinski definition) is 4. The summed E-state index contributed by atoms with van der Waals surface area (Å²) in [5.41, 5.74) is -0.137. The van der Waals surface area contributed by atoms with E-state index < -0.39 is 40.1 Å². The molecule has 0 aromatic heterocycles. The van der Waals surface area contributed by atoms with E-state index in [4.69, 9.17) is 4.74 Å². The molecule has 184 valence electrons. The summed E-state index contributed by atoms with van der Waals surface area (Å²) in [6.07, 6.45) is -3.41. The molecule has 4 rings (SSSR count). The van der Waals surface area contributed by atoms with E-state index in [9.17, 15) is 30.8 Å². The summed E-state index contributed by atoms with van der Waals surface area (Å²) < 4.78 is 84.9. The van der Waals surface area contributed by atoms with Crippen molar-refractivity contribution in [3.05, 3.63) is 83.7 Å². The van der Waals surface area contributed by atoms with Crippen LogP contribution in [0.1, 0.15) is 17.5 Å². The van der Waals surface area contributed by atoms with Crippen molar-refractivity contribution in [2.24, 2.45) is 0 Å². The van der Waals surface area contributed by atoms with E-state index in [1.54, 1.807) is 12.1 Å². The maximum Gasteiger partial charge on any atom is 0.419 e. The number of alkyl halides is 3. The van der Waals surface area contributed by atoms with Crippen LogP contribution < -0.4 is 14.4 Å². The molecule has 0 saturated carbocycles. The van der Waals surface area contributed by atoms with E-state index in [1.807, 2.05) is 12.1 Å². The summed E-state index contributed by atoms with van der Waals surface area (Å²) in [6, 6.07) is 14.9. The number of aryl methyl sites for hydroxylation is 1. The number of anilines is 2. The number of rotatable bonds is 6. The molecular weight excluding hydrogens is 488 g/mol. The van der Waals surface area contributed by atoms with Crippen LogP contribution in [-0.2, 0) is 27.4 Å². The van der Waals surface area contributed by atoms with Crippen LogP contribution in [0.2, 0.25) is 0 Å². The van der Waals surface area contributed by atoms with E-state index in [0.717, 1.165) is 18.1 Å². The third kappa shape index (κ3) is 5.40. The average Bonchev–Trinajstić information content (AvgIpc) is 2.83. The lowest BCUT2D eigenvalue weighted by Crippen LogP contribution is -2.35. The van der Waals surface area contributed by atoms with Crippen LogP contribution >= 0.6 is 0 Å². The lowest BCUT2D eigenvalue weighted by molar-refractivity contribution is -0.140. The van der Waals surface area contributed by atoms with Crippen molar-refractivity contribution in [3.63, 3.8) is 0 Å². The van der Waals surface area contributed by atoms with Crippen LogP contribution in [0.25, 0.3) is 0 Å². The minimum atomic E-state index is -4.90. The van der Waals surface area contributed by atoms with Crippen LogP contribution in [0.15, 0.2) is 71.6 Å². The minimum absolute atomic E-state index is 0.0528. The third-order valence-electron chi connectivity index (χ3n) is 5.40. The Bertz CT molecular complexity index is 1340. The predicted octanol–water partition coefficient (Wildman–Crippen LogP) is 5.00. The minimum Gasteiger partial charge on any atom is -0.484 e. The number of sulfonamides is 1. The first-order valence-corrected chi connectivity index (χ1v) is 12.0. The summed E-state index contributed by atoms with van der Waals surface area (Å²) >= 11 is 0. The standard InChI is InChI=1S/C24H20F4N2O4S/c25-21-12-7-17(14-20(21)24(26,27)28)29-23(31)15-34-18-8-10-19(11-9-18)35(32,33)30-13-3-5-16-4-1-2-6-22(16)30/h1-2,4,6-12,14H,3,5,13,15H2,(H,29,31). The van der Waals surface area contributed by atoms with Crippen molar-refractivity contribution in [2.75, 3.05) is 22.8 Å². The Morgan fingerprint density at radius 3 is 2.46 bits per heavy atom. The second-order valence-electron chi connectivity index (χ2n) is 7.81. The number of nitrogens with zero attached hydrogens (tertiary/aromatic N) is 1. The molecule has 0 radical (unpaired) electrons. The van der Waals surface area contributed by atoms with E-state index in [1.165, 1.54) is 28.6 Å². The maximum atomic E-state index is 13.4. The molecule has 11 heteroatoms. The zero-order valence-electron chi connectivity index (χ0n) is 18.2. The number of carbonyl (C=O) groups excluding carboxylic acids is 1. The Kier molecular flexibility index (Phi) is 6.70. The molecule has 0 spiro atoms. The van der Waals surface area contributed by atoms with Gasteiger partial charge in [-0.2, -0.15) is 13.2 Å². The molecule has 3 aromatic rings. The van der Waals surface area contributed by atoms with Crippen LogP contribution in [0.4, 0.5) is 28.9 Å². The molecule has 0 atom stereocenters. The molecule has 6 nitrogen and oxygen atoms in total. The van der Waals surface area contributed by atoms with Gasteiger partial charge in [0.1, 0.15) is 11.6 Å². The number of halogens is 4. The molecule has 0 aliphatic carbocycles. The van der Waals surface area contributed by atoms with Gasteiger partial charge in [-0.1, -0.05) is 18.2 Å².